The molecule has 6 heteroatoms. The molecule has 1 saturated heterocycles. The standard InChI is InChI=1S/C30H33NO5/c1-16(2)14-21(29(35)36-15-22(32)30(3,4)5)31-27(33)25-23-17-10-6-7-11-18(17)24(26(25)28(31)34)20-13-9-8-12-19(20)23/h6-13,16,21,23-26H,14-15H2,1-5H3. The first-order chi connectivity index (χ1) is 17.0. The summed E-state index contributed by atoms with van der Waals surface area (Å²) in [6, 6.07) is 15.1. The minimum absolute atomic E-state index is 0.0372. The average Bonchev–Trinajstić information content (AvgIpc) is 3.10. The molecule has 0 saturated carbocycles. The van der Waals surface area contributed by atoms with Crippen LogP contribution in [0, 0.1) is 23.2 Å². The number of nitrogens with zero attached hydrogens (tertiary/aromatic N) is 1. The molecule has 3 atom stereocenters. The van der Waals surface area contributed by atoms with Crippen molar-refractivity contribution in [3.63, 3.8) is 0 Å². The van der Waals surface area contributed by atoms with E-state index in [0.717, 1.165) is 22.3 Å². The Morgan fingerprint density at radius 3 is 1.61 bits per heavy atom. The van der Waals surface area contributed by atoms with Crippen LogP contribution in [-0.4, -0.2) is 41.1 Å². The fourth-order valence-corrected chi connectivity index (χ4v) is 6.21. The maximum atomic E-state index is 14.0. The maximum absolute atomic E-state index is 14.0. The highest BCUT2D eigenvalue weighted by Crippen LogP contribution is 2.61. The first-order valence-corrected chi connectivity index (χ1v) is 12.8. The lowest BCUT2D eigenvalue weighted by Crippen LogP contribution is -2.47. The Morgan fingerprint density at radius 2 is 1.25 bits per heavy atom. The molecule has 36 heavy (non-hydrogen) atoms. The van der Waals surface area contributed by atoms with Crippen LogP contribution in [0.25, 0.3) is 0 Å². The molecule has 6 nitrogen and oxygen atoms in total. The van der Waals surface area contributed by atoms with Gasteiger partial charge in [-0.15, -0.1) is 0 Å². The topological polar surface area (TPSA) is 80.8 Å². The Balaban J connectivity index is 1.52. The Morgan fingerprint density at radius 1 is 0.833 bits per heavy atom. The van der Waals surface area contributed by atoms with E-state index in [1.54, 1.807) is 20.8 Å². The monoisotopic (exact) mass is 487 g/mol. The van der Waals surface area contributed by atoms with Crippen LogP contribution in [0.1, 0.15) is 75.1 Å². The quantitative estimate of drug-likeness (QED) is 0.444. The molecule has 4 aliphatic rings. The number of carbonyl (C=O) groups excluding carboxylic acids is 4. The van der Waals surface area contributed by atoms with Gasteiger partial charge in [0.15, 0.2) is 12.4 Å². The SMILES string of the molecule is CC(C)CC(C(=O)OCC(=O)C(C)(C)C)N1C(=O)C2C3c4ccccc4C(c4ccccc43)C2C1=O. The van der Waals surface area contributed by atoms with Gasteiger partial charge in [0.1, 0.15) is 6.04 Å². The molecule has 2 amide bonds. The van der Waals surface area contributed by atoms with Crippen LogP contribution < -0.4 is 0 Å². The molecule has 3 unspecified atom stereocenters. The number of rotatable bonds is 6. The molecule has 0 radical (unpaired) electrons. The summed E-state index contributed by atoms with van der Waals surface area (Å²) in [5.74, 6) is -3.05. The van der Waals surface area contributed by atoms with Crippen molar-refractivity contribution in [1.82, 2.24) is 4.90 Å². The van der Waals surface area contributed by atoms with Crippen LogP contribution >= 0.6 is 0 Å². The largest absolute Gasteiger partial charge is 0.456 e. The van der Waals surface area contributed by atoms with Gasteiger partial charge in [-0.3, -0.25) is 19.3 Å². The van der Waals surface area contributed by atoms with Crippen LogP contribution in [0.5, 0.6) is 0 Å². The highest BCUT2D eigenvalue weighted by molar-refractivity contribution is 6.10. The number of ether oxygens (including phenoxy) is 1. The van der Waals surface area contributed by atoms with E-state index in [0.29, 0.717) is 0 Å². The van der Waals surface area contributed by atoms with Crippen molar-refractivity contribution < 1.29 is 23.9 Å². The van der Waals surface area contributed by atoms with E-state index < -0.39 is 29.3 Å². The summed E-state index contributed by atoms with van der Waals surface area (Å²) in [7, 11) is 0. The number of imide groups is 1. The Labute approximate surface area is 212 Å². The van der Waals surface area contributed by atoms with Gasteiger partial charge in [-0.25, -0.2) is 4.79 Å². The molecular weight excluding hydrogens is 454 g/mol. The molecule has 0 aromatic heterocycles. The van der Waals surface area contributed by atoms with Crippen molar-refractivity contribution in [2.75, 3.05) is 6.61 Å². The first kappa shape index (κ1) is 24.4. The van der Waals surface area contributed by atoms with Gasteiger partial charge in [-0.2, -0.15) is 0 Å². The minimum Gasteiger partial charge on any atom is -0.456 e. The summed E-state index contributed by atoms with van der Waals surface area (Å²) >= 11 is 0. The lowest BCUT2D eigenvalue weighted by Gasteiger charge is -2.45. The van der Waals surface area contributed by atoms with E-state index in [2.05, 4.69) is 24.3 Å². The molecule has 1 fully saturated rings. The zero-order valence-corrected chi connectivity index (χ0v) is 21.5. The lowest BCUT2D eigenvalue weighted by atomic mass is 9.55. The minimum atomic E-state index is -1.05. The third kappa shape index (κ3) is 3.69. The number of likely N-dealkylation sites (tertiary alicyclic amines) is 1. The van der Waals surface area contributed by atoms with Crippen LogP contribution in [0.3, 0.4) is 0 Å². The fraction of sp³-hybridized carbons (Fsp3) is 0.467. The van der Waals surface area contributed by atoms with E-state index in [-0.39, 0.29) is 48.4 Å². The molecule has 6 rings (SSSR count). The molecule has 2 aromatic rings. The van der Waals surface area contributed by atoms with Gasteiger partial charge in [-0.05, 0) is 34.6 Å². The number of carbonyl (C=O) groups is 4. The number of benzene rings is 2. The summed E-state index contributed by atoms with van der Waals surface area (Å²) < 4.78 is 5.41. The van der Waals surface area contributed by atoms with E-state index in [9.17, 15) is 19.2 Å². The highest BCUT2D eigenvalue weighted by atomic mass is 16.5. The van der Waals surface area contributed by atoms with Gasteiger partial charge in [0.2, 0.25) is 11.8 Å². The van der Waals surface area contributed by atoms with Crippen molar-refractivity contribution in [3.05, 3.63) is 70.8 Å². The van der Waals surface area contributed by atoms with Gasteiger partial charge < -0.3 is 4.74 Å². The van der Waals surface area contributed by atoms with Gasteiger partial charge in [0.25, 0.3) is 0 Å². The molecule has 2 aromatic carbocycles. The molecule has 0 spiro atoms. The van der Waals surface area contributed by atoms with E-state index >= 15 is 0 Å². The highest BCUT2D eigenvalue weighted by Gasteiger charge is 2.63. The summed E-state index contributed by atoms with van der Waals surface area (Å²) in [5, 5.41) is 0. The summed E-state index contributed by atoms with van der Waals surface area (Å²) in [5.41, 5.74) is 3.69. The van der Waals surface area contributed by atoms with Gasteiger partial charge in [0, 0.05) is 17.3 Å². The summed E-state index contributed by atoms with van der Waals surface area (Å²) in [6.45, 7) is 8.79. The second-order valence-electron chi connectivity index (χ2n) is 11.7. The smallest absolute Gasteiger partial charge is 0.329 e. The molecule has 2 bridgehead atoms. The number of ketones is 1. The Bertz CT molecular complexity index is 1140. The molecule has 1 aliphatic heterocycles. The van der Waals surface area contributed by atoms with Crippen LogP contribution in [0.15, 0.2) is 48.5 Å². The summed E-state index contributed by atoms with van der Waals surface area (Å²) in [6.07, 6.45) is 0.286. The predicted octanol–water partition coefficient (Wildman–Crippen LogP) is 4.45. The van der Waals surface area contributed by atoms with Crippen LogP contribution in [0.4, 0.5) is 0 Å². The number of amides is 2. The molecule has 188 valence electrons. The van der Waals surface area contributed by atoms with Gasteiger partial charge >= 0.3 is 5.97 Å². The number of hydrogen-bond donors (Lipinski definition) is 0. The Hall–Kier alpha value is -3.28. The summed E-state index contributed by atoms with van der Waals surface area (Å²) in [4.78, 5) is 54.9. The second kappa shape index (κ2) is 8.68. The van der Waals surface area contributed by atoms with E-state index in [1.165, 1.54) is 4.90 Å². The predicted molar refractivity (Wildman–Crippen MR) is 134 cm³/mol. The average molecular weight is 488 g/mol. The number of hydrogen-bond acceptors (Lipinski definition) is 5. The van der Waals surface area contributed by atoms with Crippen molar-refractivity contribution >= 4 is 23.6 Å². The third-order valence-electron chi connectivity index (χ3n) is 7.94. The lowest BCUT2D eigenvalue weighted by molar-refractivity contribution is -0.161. The van der Waals surface area contributed by atoms with Crippen molar-refractivity contribution in [1.29, 1.82) is 0 Å². The zero-order valence-electron chi connectivity index (χ0n) is 21.5. The number of Topliss-reactive ketones (excluding diaryl/α,β-unsaturated/α-hetero) is 1. The van der Waals surface area contributed by atoms with Gasteiger partial charge in [-0.1, -0.05) is 83.1 Å². The van der Waals surface area contributed by atoms with Crippen LogP contribution in [-0.2, 0) is 23.9 Å². The molecule has 3 aliphatic carbocycles. The zero-order chi connectivity index (χ0) is 25.9. The van der Waals surface area contributed by atoms with Crippen molar-refractivity contribution in [3.8, 4) is 0 Å². The van der Waals surface area contributed by atoms with E-state index in [4.69, 9.17) is 4.74 Å². The third-order valence-corrected chi connectivity index (χ3v) is 7.94. The first-order valence-electron chi connectivity index (χ1n) is 12.8. The van der Waals surface area contributed by atoms with Crippen LogP contribution in [0.2, 0.25) is 0 Å². The number of esters is 1. The second-order valence-corrected chi connectivity index (χ2v) is 11.7. The molecule has 1 heterocycles. The van der Waals surface area contributed by atoms with Crippen molar-refractivity contribution in [2.45, 2.75) is 58.9 Å². The van der Waals surface area contributed by atoms with E-state index in [1.807, 2.05) is 38.1 Å². The maximum Gasteiger partial charge on any atom is 0.329 e. The Kier molecular flexibility index (Phi) is 5.89. The molecule has 0 N–H and O–H groups in total. The fourth-order valence-electron chi connectivity index (χ4n) is 6.21. The van der Waals surface area contributed by atoms with Gasteiger partial charge in [0.05, 0.1) is 11.8 Å². The van der Waals surface area contributed by atoms with Crippen molar-refractivity contribution in [2.24, 2.45) is 23.2 Å². The normalized spacial score (nSPS) is 24.9. The molecular formula is C30H33NO5.